The average molecular weight is 266 g/mol. The first-order valence-electron chi connectivity index (χ1n) is 6.44. The molecular formula is C14H16ClNO2. The maximum Gasteiger partial charge on any atom is 0.337 e. The quantitative estimate of drug-likeness (QED) is 0.887. The van der Waals surface area contributed by atoms with Crippen molar-refractivity contribution in [1.29, 1.82) is 0 Å². The lowest BCUT2D eigenvalue weighted by atomic mass is 10.1. The van der Waals surface area contributed by atoms with Gasteiger partial charge in [-0.05, 0) is 49.8 Å². The second-order valence-corrected chi connectivity index (χ2v) is 5.73. The maximum atomic E-state index is 11.3. The van der Waals surface area contributed by atoms with Gasteiger partial charge >= 0.3 is 5.97 Å². The van der Waals surface area contributed by atoms with Gasteiger partial charge in [-0.25, -0.2) is 4.79 Å². The van der Waals surface area contributed by atoms with Crippen LogP contribution in [0.25, 0.3) is 0 Å². The van der Waals surface area contributed by atoms with Gasteiger partial charge in [0.15, 0.2) is 0 Å². The van der Waals surface area contributed by atoms with E-state index in [-0.39, 0.29) is 0 Å². The van der Waals surface area contributed by atoms with E-state index >= 15 is 0 Å². The van der Waals surface area contributed by atoms with E-state index in [4.69, 9.17) is 11.6 Å². The Balaban J connectivity index is 1.95. The summed E-state index contributed by atoms with van der Waals surface area (Å²) in [5.41, 5.74) is 1.16. The van der Waals surface area contributed by atoms with Crippen molar-refractivity contribution in [2.24, 2.45) is 5.92 Å². The van der Waals surface area contributed by atoms with E-state index in [2.05, 4.69) is 4.90 Å². The van der Waals surface area contributed by atoms with Crippen molar-refractivity contribution in [3.05, 3.63) is 28.8 Å². The van der Waals surface area contributed by atoms with Gasteiger partial charge in [-0.3, -0.25) is 0 Å². The highest BCUT2D eigenvalue weighted by Crippen LogP contribution is 2.39. The Morgan fingerprint density at radius 1 is 1.33 bits per heavy atom. The minimum atomic E-state index is -0.872. The average Bonchev–Trinajstić information content (AvgIpc) is 3.18. The summed E-state index contributed by atoms with van der Waals surface area (Å²) in [5, 5.41) is 9.90. The monoisotopic (exact) mass is 265 g/mol. The molecule has 0 amide bonds. The predicted molar refractivity (Wildman–Crippen MR) is 71.5 cm³/mol. The van der Waals surface area contributed by atoms with E-state index < -0.39 is 5.97 Å². The molecule has 0 saturated heterocycles. The van der Waals surface area contributed by atoms with Crippen LogP contribution in [0.4, 0.5) is 5.69 Å². The number of carboxylic acid groups (broad SMARTS) is 1. The molecule has 2 fully saturated rings. The summed E-state index contributed by atoms with van der Waals surface area (Å²) in [6.07, 6.45) is 4.87. The lowest BCUT2D eigenvalue weighted by Crippen LogP contribution is -2.29. The summed E-state index contributed by atoms with van der Waals surface area (Å²) >= 11 is 6.02. The van der Waals surface area contributed by atoms with Crippen molar-refractivity contribution in [1.82, 2.24) is 0 Å². The fourth-order valence-corrected chi connectivity index (χ4v) is 2.50. The molecule has 0 spiro atoms. The molecule has 0 heterocycles. The van der Waals surface area contributed by atoms with Gasteiger partial charge in [0, 0.05) is 17.6 Å². The number of nitrogens with zero attached hydrogens (tertiary/aromatic N) is 1. The summed E-state index contributed by atoms with van der Waals surface area (Å²) in [6, 6.07) is 5.58. The van der Waals surface area contributed by atoms with Gasteiger partial charge in [-0.2, -0.15) is 0 Å². The molecule has 3 nitrogen and oxygen atoms in total. The third kappa shape index (κ3) is 2.46. The van der Waals surface area contributed by atoms with Crippen LogP contribution in [-0.4, -0.2) is 23.7 Å². The van der Waals surface area contributed by atoms with Crippen LogP contribution in [0.3, 0.4) is 0 Å². The molecule has 3 rings (SSSR count). The van der Waals surface area contributed by atoms with Gasteiger partial charge in [-0.15, -0.1) is 0 Å². The zero-order valence-electron chi connectivity index (χ0n) is 10.1. The molecule has 0 bridgehead atoms. The Morgan fingerprint density at radius 2 is 2.06 bits per heavy atom. The molecule has 0 unspecified atom stereocenters. The summed E-state index contributed by atoms with van der Waals surface area (Å²) in [7, 11) is 0. The molecule has 0 atom stereocenters. The summed E-state index contributed by atoms with van der Waals surface area (Å²) in [4.78, 5) is 13.6. The van der Waals surface area contributed by atoms with Crippen molar-refractivity contribution >= 4 is 23.3 Å². The fourth-order valence-electron chi connectivity index (χ4n) is 2.33. The molecule has 18 heavy (non-hydrogen) atoms. The van der Waals surface area contributed by atoms with Crippen molar-refractivity contribution < 1.29 is 9.90 Å². The van der Waals surface area contributed by atoms with Crippen LogP contribution in [0.5, 0.6) is 0 Å². The minimum absolute atomic E-state index is 0.368. The first-order chi connectivity index (χ1) is 8.65. The van der Waals surface area contributed by atoms with Crippen molar-refractivity contribution in [2.75, 3.05) is 11.4 Å². The van der Waals surface area contributed by atoms with Crippen LogP contribution >= 0.6 is 11.6 Å². The molecular weight excluding hydrogens is 250 g/mol. The number of anilines is 1. The Hall–Kier alpha value is -1.22. The molecule has 0 aliphatic heterocycles. The fraction of sp³-hybridized carbons (Fsp3) is 0.500. The maximum absolute atomic E-state index is 11.3. The second-order valence-electron chi connectivity index (χ2n) is 5.29. The summed E-state index contributed by atoms with van der Waals surface area (Å²) in [5.74, 6) is -0.130. The van der Waals surface area contributed by atoms with Gasteiger partial charge in [0.1, 0.15) is 0 Å². The number of rotatable bonds is 5. The van der Waals surface area contributed by atoms with Crippen molar-refractivity contribution in [3.8, 4) is 0 Å². The molecule has 4 heteroatoms. The van der Waals surface area contributed by atoms with Crippen LogP contribution in [0.15, 0.2) is 18.2 Å². The largest absolute Gasteiger partial charge is 0.478 e. The molecule has 96 valence electrons. The van der Waals surface area contributed by atoms with Crippen LogP contribution in [0.1, 0.15) is 36.0 Å². The highest BCUT2D eigenvalue weighted by atomic mass is 35.5. The Bertz CT molecular complexity index is 481. The highest BCUT2D eigenvalue weighted by Gasteiger charge is 2.35. The van der Waals surface area contributed by atoms with Gasteiger partial charge in [-0.1, -0.05) is 11.6 Å². The number of aromatic carboxylic acids is 1. The topological polar surface area (TPSA) is 40.5 Å². The molecule has 1 aromatic rings. The number of benzene rings is 1. The molecule has 0 aromatic heterocycles. The van der Waals surface area contributed by atoms with Gasteiger partial charge in [0.25, 0.3) is 0 Å². The molecule has 1 aromatic carbocycles. The molecule has 0 radical (unpaired) electrons. The zero-order valence-corrected chi connectivity index (χ0v) is 10.9. The summed E-state index contributed by atoms with van der Waals surface area (Å²) in [6.45, 7) is 0.977. The predicted octanol–water partition coefficient (Wildman–Crippen LogP) is 3.42. The minimum Gasteiger partial charge on any atom is -0.478 e. The Morgan fingerprint density at radius 3 is 2.61 bits per heavy atom. The van der Waals surface area contributed by atoms with E-state index in [1.165, 1.54) is 12.8 Å². The number of carbonyl (C=O) groups is 1. The molecule has 2 aliphatic carbocycles. The zero-order chi connectivity index (χ0) is 12.7. The second kappa shape index (κ2) is 4.47. The van der Waals surface area contributed by atoms with Crippen molar-refractivity contribution in [2.45, 2.75) is 31.7 Å². The lowest BCUT2D eigenvalue weighted by Gasteiger charge is -2.26. The van der Waals surface area contributed by atoms with Gasteiger partial charge < -0.3 is 10.0 Å². The third-order valence-electron chi connectivity index (χ3n) is 3.64. The summed E-state index contributed by atoms with van der Waals surface area (Å²) < 4.78 is 0. The smallest absolute Gasteiger partial charge is 0.337 e. The molecule has 2 aliphatic rings. The standard InChI is InChI=1S/C14H16ClNO2/c15-10-3-6-12(14(17)18)13(7-10)16(11-4-5-11)8-9-1-2-9/h3,6-7,9,11H,1-2,4-5,8H2,(H,17,18). The van der Waals surface area contributed by atoms with E-state index in [9.17, 15) is 9.90 Å². The van der Waals surface area contributed by atoms with Crippen molar-refractivity contribution in [3.63, 3.8) is 0 Å². The van der Waals surface area contributed by atoms with Gasteiger partial charge in [0.2, 0.25) is 0 Å². The number of carboxylic acids is 1. The van der Waals surface area contributed by atoms with E-state index in [0.29, 0.717) is 16.6 Å². The normalized spacial score (nSPS) is 18.7. The van der Waals surface area contributed by atoms with Crippen LogP contribution in [-0.2, 0) is 0 Å². The molecule has 1 N–H and O–H groups in total. The highest BCUT2D eigenvalue weighted by molar-refractivity contribution is 6.31. The first-order valence-corrected chi connectivity index (χ1v) is 6.82. The third-order valence-corrected chi connectivity index (χ3v) is 3.87. The Kier molecular flexibility index (Phi) is 2.94. The number of hydrogen-bond acceptors (Lipinski definition) is 2. The first kappa shape index (κ1) is 11.8. The lowest BCUT2D eigenvalue weighted by molar-refractivity contribution is 0.0697. The van der Waals surface area contributed by atoms with E-state index in [1.807, 2.05) is 0 Å². The van der Waals surface area contributed by atoms with Crippen LogP contribution in [0, 0.1) is 5.92 Å². The van der Waals surface area contributed by atoms with E-state index in [0.717, 1.165) is 31.0 Å². The van der Waals surface area contributed by atoms with Crippen LogP contribution in [0.2, 0.25) is 5.02 Å². The number of halogens is 1. The SMILES string of the molecule is O=C(O)c1ccc(Cl)cc1N(CC1CC1)C1CC1. The molecule has 2 saturated carbocycles. The number of hydrogen-bond donors (Lipinski definition) is 1. The van der Waals surface area contributed by atoms with Gasteiger partial charge in [0.05, 0.1) is 11.3 Å². The van der Waals surface area contributed by atoms with E-state index in [1.54, 1.807) is 18.2 Å². The van der Waals surface area contributed by atoms with Crippen LogP contribution < -0.4 is 4.90 Å². The Labute approximate surface area is 111 Å².